The minimum Gasteiger partial charge on any atom is -0.354 e. The van der Waals surface area contributed by atoms with Gasteiger partial charge in [-0.3, -0.25) is 14.8 Å². The number of amides is 1. The van der Waals surface area contributed by atoms with Crippen LogP contribution < -0.4 is 10.6 Å². The fourth-order valence-corrected chi connectivity index (χ4v) is 2.96. The number of hydrogen-bond donors (Lipinski definition) is 2. The van der Waals surface area contributed by atoms with E-state index in [0.29, 0.717) is 12.1 Å². The smallest absolute Gasteiger partial charge is 0.253 e. The van der Waals surface area contributed by atoms with Crippen LogP contribution in [0.3, 0.4) is 0 Å². The Balaban J connectivity index is 1.75. The first-order valence-electron chi connectivity index (χ1n) is 9.22. The molecule has 0 aliphatic heterocycles. The van der Waals surface area contributed by atoms with E-state index in [2.05, 4.69) is 52.6 Å². The number of anilines is 2. The number of carbonyl (C=O) groups is 1. The molecule has 0 unspecified atom stereocenters. The summed E-state index contributed by atoms with van der Waals surface area (Å²) in [6.07, 6.45) is 6.90. The Morgan fingerprint density at radius 3 is 2.44 bits per heavy atom. The molecule has 3 aromatic rings. The van der Waals surface area contributed by atoms with E-state index in [1.165, 1.54) is 11.1 Å². The third-order valence-electron chi connectivity index (χ3n) is 4.42. The second kappa shape index (κ2) is 8.94. The molecule has 2 aromatic heterocycles. The standard InChI is InChI=1S/C22H24N4O/c1-3-16-8-7-9-17(4-2)21(16)26-20-12-18(13-23-14-20)22(27)25-15-19-10-5-6-11-24-19/h5-14,26H,3-4,15H2,1-2H3,(H,25,27). The third-order valence-corrected chi connectivity index (χ3v) is 4.42. The van der Waals surface area contributed by atoms with Crippen LogP contribution in [0.1, 0.15) is 41.0 Å². The lowest BCUT2D eigenvalue weighted by molar-refractivity contribution is 0.0950. The lowest BCUT2D eigenvalue weighted by atomic mass is 10.0. The first kappa shape index (κ1) is 18.6. The van der Waals surface area contributed by atoms with Gasteiger partial charge in [0.1, 0.15) is 0 Å². The Hall–Kier alpha value is -3.21. The summed E-state index contributed by atoms with van der Waals surface area (Å²) < 4.78 is 0. The number of rotatable bonds is 7. The van der Waals surface area contributed by atoms with Gasteiger partial charge in [-0.05, 0) is 42.2 Å². The molecule has 0 radical (unpaired) electrons. The monoisotopic (exact) mass is 360 g/mol. The van der Waals surface area contributed by atoms with Crippen molar-refractivity contribution in [3.8, 4) is 0 Å². The predicted octanol–water partition coefficient (Wildman–Crippen LogP) is 4.28. The number of aromatic nitrogens is 2. The highest BCUT2D eigenvalue weighted by Crippen LogP contribution is 2.26. The number of nitrogens with zero attached hydrogens (tertiary/aromatic N) is 2. The third kappa shape index (κ3) is 4.70. The van der Waals surface area contributed by atoms with Gasteiger partial charge in [0.25, 0.3) is 5.91 Å². The summed E-state index contributed by atoms with van der Waals surface area (Å²) in [5.41, 5.74) is 5.74. The van der Waals surface area contributed by atoms with Crippen molar-refractivity contribution in [2.75, 3.05) is 5.32 Å². The molecule has 2 heterocycles. The van der Waals surface area contributed by atoms with Gasteiger partial charge in [0.05, 0.1) is 29.7 Å². The summed E-state index contributed by atoms with van der Waals surface area (Å²) in [4.78, 5) is 20.9. The van der Waals surface area contributed by atoms with Crippen molar-refractivity contribution in [1.29, 1.82) is 0 Å². The van der Waals surface area contributed by atoms with Crippen LogP contribution in [-0.4, -0.2) is 15.9 Å². The molecule has 5 heteroatoms. The second-order valence-corrected chi connectivity index (χ2v) is 6.25. The van der Waals surface area contributed by atoms with E-state index < -0.39 is 0 Å². The minimum absolute atomic E-state index is 0.170. The van der Waals surface area contributed by atoms with Crippen LogP contribution in [0, 0.1) is 0 Å². The first-order chi connectivity index (χ1) is 13.2. The minimum atomic E-state index is -0.170. The van der Waals surface area contributed by atoms with Gasteiger partial charge in [0.2, 0.25) is 0 Å². The van der Waals surface area contributed by atoms with Gasteiger partial charge in [-0.1, -0.05) is 38.1 Å². The SMILES string of the molecule is CCc1cccc(CC)c1Nc1cncc(C(=O)NCc2ccccn2)c1. The molecular formula is C22H24N4O. The Kier molecular flexibility index (Phi) is 6.15. The topological polar surface area (TPSA) is 66.9 Å². The van der Waals surface area contributed by atoms with Gasteiger partial charge >= 0.3 is 0 Å². The molecule has 0 aliphatic rings. The second-order valence-electron chi connectivity index (χ2n) is 6.25. The highest BCUT2D eigenvalue weighted by molar-refractivity contribution is 5.94. The van der Waals surface area contributed by atoms with Crippen molar-refractivity contribution in [3.63, 3.8) is 0 Å². The molecule has 5 nitrogen and oxygen atoms in total. The van der Waals surface area contributed by atoms with Crippen LogP contribution in [-0.2, 0) is 19.4 Å². The van der Waals surface area contributed by atoms with Crippen LogP contribution >= 0.6 is 0 Å². The van der Waals surface area contributed by atoms with Gasteiger partial charge < -0.3 is 10.6 Å². The average molecular weight is 360 g/mol. The van der Waals surface area contributed by atoms with Gasteiger partial charge in [-0.15, -0.1) is 0 Å². The molecule has 0 fully saturated rings. The van der Waals surface area contributed by atoms with E-state index in [1.807, 2.05) is 24.3 Å². The van der Waals surface area contributed by atoms with Crippen LogP contribution in [0.2, 0.25) is 0 Å². The van der Waals surface area contributed by atoms with Crippen LogP contribution in [0.15, 0.2) is 61.1 Å². The highest BCUT2D eigenvalue weighted by Gasteiger charge is 2.10. The first-order valence-corrected chi connectivity index (χ1v) is 9.22. The van der Waals surface area contributed by atoms with E-state index in [4.69, 9.17) is 0 Å². The van der Waals surface area contributed by atoms with Crippen molar-refractivity contribution in [2.24, 2.45) is 0 Å². The Labute approximate surface area is 159 Å². The molecule has 1 aromatic carbocycles. The molecule has 0 saturated carbocycles. The largest absolute Gasteiger partial charge is 0.354 e. The molecule has 27 heavy (non-hydrogen) atoms. The zero-order valence-corrected chi connectivity index (χ0v) is 15.7. The summed E-state index contributed by atoms with van der Waals surface area (Å²) >= 11 is 0. The Bertz CT molecular complexity index is 887. The molecule has 0 aliphatic carbocycles. The maximum absolute atomic E-state index is 12.5. The van der Waals surface area contributed by atoms with E-state index in [1.54, 1.807) is 18.6 Å². The normalized spacial score (nSPS) is 10.4. The van der Waals surface area contributed by atoms with E-state index in [9.17, 15) is 4.79 Å². The number of pyridine rings is 2. The van der Waals surface area contributed by atoms with Gasteiger partial charge in [-0.25, -0.2) is 0 Å². The molecule has 2 N–H and O–H groups in total. The fraction of sp³-hybridized carbons (Fsp3) is 0.227. The van der Waals surface area contributed by atoms with Crippen LogP contribution in [0.25, 0.3) is 0 Å². The summed E-state index contributed by atoms with van der Waals surface area (Å²) in [7, 11) is 0. The number of nitrogens with one attached hydrogen (secondary N) is 2. The lowest BCUT2D eigenvalue weighted by Crippen LogP contribution is -2.23. The molecule has 1 amide bonds. The molecule has 0 saturated heterocycles. The number of carbonyl (C=O) groups excluding carboxylic acids is 1. The number of hydrogen-bond acceptors (Lipinski definition) is 4. The summed E-state index contributed by atoms with van der Waals surface area (Å²) in [5, 5.41) is 6.34. The van der Waals surface area contributed by atoms with Crippen molar-refractivity contribution < 1.29 is 4.79 Å². The van der Waals surface area contributed by atoms with Crippen molar-refractivity contribution >= 4 is 17.3 Å². The molecule has 0 spiro atoms. The Morgan fingerprint density at radius 1 is 1.00 bits per heavy atom. The predicted molar refractivity (Wildman–Crippen MR) is 108 cm³/mol. The molecular weight excluding hydrogens is 336 g/mol. The van der Waals surface area contributed by atoms with Crippen LogP contribution in [0.5, 0.6) is 0 Å². The highest BCUT2D eigenvalue weighted by atomic mass is 16.1. The van der Waals surface area contributed by atoms with Gasteiger partial charge in [0, 0.05) is 18.1 Å². The maximum Gasteiger partial charge on any atom is 0.253 e. The molecule has 138 valence electrons. The van der Waals surface area contributed by atoms with Gasteiger partial charge in [0.15, 0.2) is 0 Å². The van der Waals surface area contributed by atoms with Crippen LogP contribution in [0.4, 0.5) is 11.4 Å². The molecule has 3 rings (SSSR count). The quantitative estimate of drug-likeness (QED) is 0.660. The van der Waals surface area contributed by atoms with E-state index in [-0.39, 0.29) is 5.91 Å². The molecule has 0 atom stereocenters. The van der Waals surface area contributed by atoms with E-state index in [0.717, 1.165) is 29.9 Å². The number of benzene rings is 1. The summed E-state index contributed by atoms with van der Waals surface area (Å²) in [5.74, 6) is -0.170. The summed E-state index contributed by atoms with van der Waals surface area (Å²) in [6, 6.07) is 13.8. The number of aryl methyl sites for hydroxylation is 2. The average Bonchev–Trinajstić information content (AvgIpc) is 2.73. The summed E-state index contributed by atoms with van der Waals surface area (Å²) in [6.45, 7) is 4.66. The zero-order valence-electron chi connectivity index (χ0n) is 15.7. The maximum atomic E-state index is 12.5. The number of para-hydroxylation sites is 1. The Morgan fingerprint density at radius 2 is 1.78 bits per heavy atom. The molecule has 0 bridgehead atoms. The fourth-order valence-electron chi connectivity index (χ4n) is 2.96. The zero-order chi connectivity index (χ0) is 19.1. The van der Waals surface area contributed by atoms with Gasteiger partial charge in [-0.2, -0.15) is 0 Å². The van der Waals surface area contributed by atoms with E-state index >= 15 is 0 Å². The lowest BCUT2D eigenvalue weighted by Gasteiger charge is -2.15. The van der Waals surface area contributed by atoms with Crippen molar-refractivity contribution in [1.82, 2.24) is 15.3 Å². The van der Waals surface area contributed by atoms with Crippen molar-refractivity contribution in [3.05, 3.63) is 83.4 Å². The van der Waals surface area contributed by atoms with Crippen molar-refractivity contribution in [2.45, 2.75) is 33.2 Å².